The quantitative estimate of drug-likeness (QED) is 0.768. The fourth-order valence-corrected chi connectivity index (χ4v) is 4.25. The van der Waals surface area contributed by atoms with E-state index in [4.69, 9.17) is 4.74 Å². The number of ether oxygens (including phenoxy) is 1. The van der Waals surface area contributed by atoms with Crippen molar-refractivity contribution in [1.82, 2.24) is 9.80 Å². The average molecular weight is 378 g/mol. The first kappa shape index (κ1) is 18.8. The summed E-state index contributed by atoms with van der Waals surface area (Å²) in [6.45, 7) is 3.79. The molecule has 0 radical (unpaired) electrons. The number of carbonyl (C=O) groups is 2. The molecular weight excluding hydrogens is 352 g/mol. The number of piperidine rings is 1. The highest BCUT2D eigenvalue weighted by Gasteiger charge is 2.44. The second-order valence-electron chi connectivity index (χ2n) is 7.67. The predicted octanol–water partition coefficient (Wildman–Crippen LogP) is 2.88. The Bertz CT molecular complexity index is 814. The normalized spacial score (nSPS) is 19.5. The number of hydrogen-bond acceptors (Lipinski definition) is 4. The van der Waals surface area contributed by atoms with Crippen molar-refractivity contribution in [3.8, 4) is 0 Å². The molecule has 2 saturated heterocycles. The van der Waals surface area contributed by atoms with E-state index in [2.05, 4.69) is 4.90 Å². The topological polar surface area (TPSA) is 49.9 Å². The Morgan fingerprint density at radius 3 is 2.11 bits per heavy atom. The number of benzene rings is 2. The Morgan fingerprint density at radius 1 is 0.857 bits per heavy atom. The molecule has 146 valence electrons. The van der Waals surface area contributed by atoms with Crippen molar-refractivity contribution in [3.63, 3.8) is 0 Å². The van der Waals surface area contributed by atoms with Crippen LogP contribution < -0.4 is 0 Å². The van der Waals surface area contributed by atoms with E-state index in [1.54, 1.807) is 0 Å². The number of morpholine rings is 1. The lowest BCUT2D eigenvalue weighted by Crippen LogP contribution is -2.63. The number of nitrogens with zero attached hydrogens (tertiary/aromatic N) is 2. The fourth-order valence-electron chi connectivity index (χ4n) is 4.25. The van der Waals surface area contributed by atoms with Crippen molar-refractivity contribution in [3.05, 3.63) is 71.8 Å². The maximum Gasteiger partial charge on any atom is 0.254 e. The first-order valence-corrected chi connectivity index (χ1v) is 9.93. The average Bonchev–Trinajstić information content (AvgIpc) is 2.76. The summed E-state index contributed by atoms with van der Waals surface area (Å²) in [5.74, 6) is 0.228. The Morgan fingerprint density at radius 2 is 1.46 bits per heavy atom. The molecule has 5 nitrogen and oxygen atoms in total. The highest BCUT2D eigenvalue weighted by atomic mass is 16.5. The molecule has 28 heavy (non-hydrogen) atoms. The van der Waals surface area contributed by atoms with Crippen LogP contribution in [0.4, 0.5) is 0 Å². The lowest BCUT2D eigenvalue weighted by molar-refractivity contribution is -0.0769. The molecule has 2 aliphatic heterocycles. The number of hydrogen-bond donors (Lipinski definition) is 0. The summed E-state index contributed by atoms with van der Waals surface area (Å²) < 4.78 is 5.79. The Hall–Kier alpha value is -2.50. The SMILES string of the molecule is O=C(CN1CCC2(CC1)COCCN2C(=O)c1ccccc1)c1ccccc1. The number of Topliss-reactive ketones (excluding diaryl/α,β-unsaturated/α-hetero) is 1. The molecule has 1 spiro atoms. The number of amides is 1. The molecule has 0 unspecified atom stereocenters. The second-order valence-corrected chi connectivity index (χ2v) is 7.67. The van der Waals surface area contributed by atoms with Crippen LogP contribution in [-0.4, -0.2) is 66.4 Å². The van der Waals surface area contributed by atoms with Crippen LogP contribution in [0.15, 0.2) is 60.7 Å². The summed E-state index contributed by atoms with van der Waals surface area (Å²) in [6, 6.07) is 18.9. The van der Waals surface area contributed by atoms with Gasteiger partial charge < -0.3 is 9.64 Å². The van der Waals surface area contributed by atoms with E-state index in [9.17, 15) is 9.59 Å². The molecule has 0 atom stereocenters. The molecule has 0 aliphatic carbocycles. The van der Waals surface area contributed by atoms with Gasteiger partial charge in [-0.3, -0.25) is 14.5 Å². The minimum Gasteiger partial charge on any atom is -0.377 e. The van der Waals surface area contributed by atoms with Gasteiger partial charge in [0.15, 0.2) is 5.78 Å². The van der Waals surface area contributed by atoms with Gasteiger partial charge in [-0.25, -0.2) is 0 Å². The van der Waals surface area contributed by atoms with Crippen LogP contribution in [0.1, 0.15) is 33.6 Å². The van der Waals surface area contributed by atoms with Gasteiger partial charge in [-0.15, -0.1) is 0 Å². The summed E-state index contributed by atoms with van der Waals surface area (Å²) in [5.41, 5.74) is 1.22. The van der Waals surface area contributed by atoms with Crippen LogP contribution in [0.3, 0.4) is 0 Å². The van der Waals surface area contributed by atoms with E-state index < -0.39 is 0 Å². The fraction of sp³-hybridized carbons (Fsp3) is 0.391. The maximum absolute atomic E-state index is 13.1. The van der Waals surface area contributed by atoms with Crippen molar-refractivity contribution in [2.24, 2.45) is 0 Å². The van der Waals surface area contributed by atoms with Crippen molar-refractivity contribution >= 4 is 11.7 Å². The smallest absolute Gasteiger partial charge is 0.254 e. The van der Waals surface area contributed by atoms with E-state index in [0.717, 1.165) is 37.1 Å². The molecule has 0 saturated carbocycles. The van der Waals surface area contributed by atoms with Crippen LogP contribution in [0.5, 0.6) is 0 Å². The van der Waals surface area contributed by atoms with Crippen LogP contribution in [0.2, 0.25) is 0 Å². The number of carbonyl (C=O) groups excluding carboxylic acids is 2. The van der Waals surface area contributed by atoms with Crippen LogP contribution in [0.25, 0.3) is 0 Å². The van der Waals surface area contributed by atoms with E-state index in [-0.39, 0.29) is 17.2 Å². The first-order chi connectivity index (χ1) is 13.7. The Kier molecular flexibility index (Phi) is 5.55. The molecule has 0 N–H and O–H groups in total. The maximum atomic E-state index is 13.1. The lowest BCUT2D eigenvalue weighted by atomic mass is 9.84. The third-order valence-corrected chi connectivity index (χ3v) is 5.92. The summed E-state index contributed by atoms with van der Waals surface area (Å²) in [7, 11) is 0. The predicted molar refractivity (Wildman–Crippen MR) is 107 cm³/mol. The van der Waals surface area contributed by atoms with Gasteiger partial charge in [0.25, 0.3) is 5.91 Å². The summed E-state index contributed by atoms with van der Waals surface area (Å²) >= 11 is 0. The highest BCUT2D eigenvalue weighted by molar-refractivity contribution is 5.97. The van der Waals surface area contributed by atoms with Gasteiger partial charge in [-0.1, -0.05) is 48.5 Å². The number of ketones is 1. The molecule has 4 rings (SSSR count). The molecule has 2 aliphatic rings. The van der Waals surface area contributed by atoms with E-state index >= 15 is 0 Å². The first-order valence-electron chi connectivity index (χ1n) is 9.93. The van der Waals surface area contributed by atoms with Gasteiger partial charge >= 0.3 is 0 Å². The molecule has 2 aromatic rings. The third kappa shape index (κ3) is 3.86. The molecular formula is C23H26N2O3. The standard InChI is InChI=1S/C23H26N2O3/c26-21(19-7-3-1-4-8-19)17-24-13-11-23(12-14-24)18-28-16-15-25(23)22(27)20-9-5-2-6-10-20/h1-10H,11-18H2. The van der Waals surface area contributed by atoms with Gasteiger partial charge in [0.05, 0.1) is 25.3 Å². The summed E-state index contributed by atoms with van der Waals surface area (Å²) in [5, 5.41) is 0. The van der Waals surface area contributed by atoms with Crippen molar-refractivity contribution in [2.75, 3.05) is 39.4 Å². The van der Waals surface area contributed by atoms with E-state index in [1.807, 2.05) is 65.6 Å². The van der Waals surface area contributed by atoms with Crippen LogP contribution in [-0.2, 0) is 4.74 Å². The molecule has 2 fully saturated rings. The number of rotatable bonds is 4. The Balaban J connectivity index is 1.42. The van der Waals surface area contributed by atoms with Gasteiger partial charge in [0.2, 0.25) is 0 Å². The molecule has 2 heterocycles. The number of likely N-dealkylation sites (tertiary alicyclic amines) is 1. The zero-order valence-corrected chi connectivity index (χ0v) is 16.0. The molecule has 1 amide bonds. The third-order valence-electron chi connectivity index (χ3n) is 5.92. The lowest BCUT2D eigenvalue weighted by Gasteiger charge is -2.51. The van der Waals surface area contributed by atoms with Gasteiger partial charge in [-0.2, -0.15) is 0 Å². The molecule has 0 bridgehead atoms. The Labute approximate surface area is 165 Å². The van der Waals surface area contributed by atoms with Crippen molar-refractivity contribution in [2.45, 2.75) is 18.4 Å². The van der Waals surface area contributed by atoms with Crippen LogP contribution in [0, 0.1) is 0 Å². The molecule has 0 aromatic heterocycles. The largest absolute Gasteiger partial charge is 0.377 e. The van der Waals surface area contributed by atoms with E-state index in [1.165, 1.54) is 0 Å². The van der Waals surface area contributed by atoms with Gasteiger partial charge in [0.1, 0.15) is 0 Å². The van der Waals surface area contributed by atoms with Gasteiger partial charge in [0, 0.05) is 30.8 Å². The zero-order valence-electron chi connectivity index (χ0n) is 16.0. The van der Waals surface area contributed by atoms with Crippen molar-refractivity contribution in [1.29, 1.82) is 0 Å². The highest BCUT2D eigenvalue weighted by Crippen LogP contribution is 2.33. The summed E-state index contributed by atoms with van der Waals surface area (Å²) in [4.78, 5) is 29.8. The van der Waals surface area contributed by atoms with Crippen molar-refractivity contribution < 1.29 is 14.3 Å². The monoisotopic (exact) mass is 378 g/mol. The molecule has 5 heteroatoms. The summed E-state index contributed by atoms with van der Waals surface area (Å²) in [6.07, 6.45) is 1.65. The molecule has 2 aromatic carbocycles. The van der Waals surface area contributed by atoms with Crippen LogP contribution >= 0.6 is 0 Å². The minimum absolute atomic E-state index is 0.0812. The second kappa shape index (κ2) is 8.25. The zero-order chi connectivity index (χ0) is 19.4. The van der Waals surface area contributed by atoms with E-state index in [0.29, 0.717) is 26.3 Å². The van der Waals surface area contributed by atoms with Gasteiger partial charge in [-0.05, 0) is 25.0 Å². The minimum atomic E-state index is -0.266.